The first kappa shape index (κ1) is 39.8. The molecule has 0 heterocycles. The molecular formula is H3Br3P. The summed E-state index contributed by atoms with van der Waals surface area (Å²) < 4.78 is 0. The third-order valence-corrected chi connectivity index (χ3v) is 0. The SMILES string of the molecule is Br.Br.Br.[P]. The van der Waals surface area contributed by atoms with E-state index in [4.69, 9.17) is 0 Å². The molecule has 0 amide bonds. The largest absolute Gasteiger partial charge is 0.114 e. The Bertz CT molecular complexity index is 3.25. The summed E-state index contributed by atoms with van der Waals surface area (Å²) in [6.45, 7) is 0. The monoisotopic (exact) mass is 271 g/mol. The highest BCUT2D eigenvalue weighted by Crippen LogP contribution is 0.861. The molecule has 0 saturated carbocycles. The summed E-state index contributed by atoms with van der Waals surface area (Å²) in [5.74, 6) is 0. The van der Waals surface area contributed by atoms with Gasteiger partial charge in [-0.2, -0.15) is 0 Å². The maximum Gasteiger partial charge on any atom is 0 e. The molecule has 29 valence electrons. The zero-order chi connectivity index (χ0) is 0. The van der Waals surface area contributed by atoms with Crippen LogP contribution in [0.3, 0.4) is 0 Å². The Kier molecular flexibility index (Phi) is 208. The smallest absolute Gasteiger partial charge is 0 e. The second-order valence-corrected chi connectivity index (χ2v) is 0. The molecule has 0 N–H and O–H groups in total. The lowest BCUT2D eigenvalue weighted by atomic mass is 31.0. The van der Waals surface area contributed by atoms with Crippen LogP contribution in [0, 0.1) is 0 Å². The van der Waals surface area contributed by atoms with Crippen molar-refractivity contribution in [2.24, 2.45) is 0 Å². The molecule has 0 atom stereocenters. The van der Waals surface area contributed by atoms with Crippen LogP contribution < -0.4 is 0 Å². The Balaban J connectivity index is 0. The van der Waals surface area contributed by atoms with E-state index in [0.717, 1.165) is 0 Å². The topological polar surface area (TPSA) is 0 Å². The van der Waals surface area contributed by atoms with Crippen LogP contribution in [0.2, 0.25) is 0 Å². The van der Waals surface area contributed by atoms with Gasteiger partial charge in [0.2, 0.25) is 0 Å². The van der Waals surface area contributed by atoms with Gasteiger partial charge in [0.25, 0.3) is 0 Å². The maximum absolute atomic E-state index is 0. The van der Waals surface area contributed by atoms with E-state index in [1.165, 1.54) is 0 Å². The fraction of sp³-hybridized carbons (Fsp3) is 0. The molecule has 0 nitrogen and oxygen atoms in total. The van der Waals surface area contributed by atoms with Gasteiger partial charge >= 0.3 is 0 Å². The molecule has 0 rings (SSSR count). The van der Waals surface area contributed by atoms with Gasteiger partial charge in [-0.25, -0.2) is 0 Å². The van der Waals surface area contributed by atoms with E-state index < -0.39 is 0 Å². The van der Waals surface area contributed by atoms with E-state index >= 15 is 0 Å². The number of hydrogen-bond acceptors (Lipinski definition) is 0. The van der Waals surface area contributed by atoms with Crippen LogP contribution in [-0.2, 0) is 0 Å². The van der Waals surface area contributed by atoms with Crippen molar-refractivity contribution in [1.29, 1.82) is 0 Å². The molecule has 0 aromatic heterocycles. The Labute approximate surface area is 60.7 Å². The van der Waals surface area contributed by atoms with Gasteiger partial charge in [-0.1, -0.05) is 0 Å². The summed E-state index contributed by atoms with van der Waals surface area (Å²) in [7, 11) is 0. The van der Waals surface area contributed by atoms with Crippen molar-refractivity contribution < 1.29 is 0 Å². The van der Waals surface area contributed by atoms with Crippen LogP contribution in [0.4, 0.5) is 0 Å². The van der Waals surface area contributed by atoms with Crippen molar-refractivity contribution in [3.8, 4) is 0 Å². The first-order valence-corrected chi connectivity index (χ1v) is 0. The van der Waals surface area contributed by atoms with Crippen LogP contribution in [-0.4, -0.2) is 0 Å². The molecule has 0 aromatic carbocycles. The van der Waals surface area contributed by atoms with Gasteiger partial charge in [0.05, 0.1) is 0 Å². The standard InChI is InChI=1S/3BrH.P/h3*1H;. The molecule has 0 saturated heterocycles. The number of hydrogen-bond donors (Lipinski definition) is 0. The highest BCUT2D eigenvalue weighted by molar-refractivity contribution is 8.93. The Hall–Kier alpha value is 1.87. The summed E-state index contributed by atoms with van der Waals surface area (Å²) in [5, 5.41) is 0. The Morgan fingerprint density at radius 2 is 0.500 bits per heavy atom. The van der Waals surface area contributed by atoms with E-state index in [1.54, 1.807) is 0 Å². The van der Waals surface area contributed by atoms with Crippen LogP contribution in [0.25, 0.3) is 0 Å². The Morgan fingerprint density at radius 1 is 0.500 bits per heavy atom. The average molecular weight is 274 g/mol. The van der Waals surface area contributed by atoms with E-state index in [-0.39, 0.29) is 60.8 Å². The van der Waals surface area contributed by atoms with Crippen LogP contribution in [0.15, 0.2) is 0 Å². The van der Waals surface area contributed by atoms with E-state index in [2.05, 4.69) is 0 Å². The molecule has 3 radical (unpaired) electrons. The first-order chi connectivity index (χ1) is 0. The number of rotatable bonds is 0. The Morgan fingerprint density at radius 3 is 0.500 bits per heavy atom. The normalized spacial score (nSPS) is 0. The van der Waals surface area contributed by atoms with Gasteiger partial charge in [0.15, 0.2) is 0 Å². The van der Waals surface area contributed by atoms with Gasteiger partial charge in [0.1, 0.15) is 0 Å². The summed E-state index contributed by atoms with van der Waals surface area (Å²) in [4.78, 5) is 0. The maximum atomic E-state index is 0. The van der Waals surface area contributed by atoms with Gasteiger partial charge < -0.3 is 0 Å². The second kappa shape index (κ2) is 20.9. The first-order valence-electron chi connectivity index (χ1n) is 0. The predicted molar refractivity (Wildman–Crippen MR) is 37.9 cm³/mol. The van der Waals surface area contributed by atoms with Crippen molar-refractivity contribution in [2.45, 2.75) is 0 Å². The molecule has 4 heteroatoms. The van der Waals surface area contributed by atoms with Crippen molar-refractivity contribution in [1.82, 2.24) is 0 Å². The fourth-order valence-electron chi connectivity index (χ4n) is 0. The summed E-state index contributed by atoms with van der Waals surface area (Å²) >= 11 is 0. The lowest BCUT2D eigenvalue weighted by molar-refractivity contribution is 6.92. The minimum absolute atomic E-state index is 0. The van der Waals surface area contributed by atoms with Crippen molar-refractivity contribution in [3.05, 3.63) is 0 Å². The van der Waals surface area contributed by atoms with Crippen molar-refractivity contribution in [2.75, 3.05) is 0 Å². The lowest BCUT2D eigenvalue weighted by Crippen LogP contribution is 0.845. The average Bonchev–Trinajstić information content (AvgIpc) is 0. The third kappa shape index (κ3) is 9.12. The fourth-order valence-corrected chi connectivity index (χ4v) is 0. The van der Waals surface area contributed by atoms with E-state index in [9.17, 15) is 0 Å². The molecule has 0 aromatic rings. The molecule has 0 bridgehead atoms. The highest BCUT2D eigenvalue weighted by atomic mass is 79.9. The second-order valence-electron chi connectivity index (χ2n) is 0. The zero-order valence-corrected chi connectivity index (χ0v) is 7.71. The van der Waals surface area contributed by atoms with Crippen LogP contribution in [0.1, 0.15) is 0 Å². The van der Waals surface area contributed by atoms with Gasteiger partial charge in [0, 0.05) is 9.90 Å². The highest BCUT2D eigenvalue weighted by Gasteiger charge is 0.0000269. The lowest BCUT2D eigenvalue weighted by Gasteiger charge is -0.115. The van der Waals surface area contributed by atoms with E-state index in [1.807, 2.05) is 0 Å². The molecular weight excluding hydrogens is 271 g/mol. The van der Waals surface area contributed by atoms with E-state index in [0.29, 0.717) is 0 Å². The molecule has 0 fully saturated rings. The van der Waals surface area contributed by atoms with Crippen LogP contribution in [0.5, 0.6) is 0 Å². The number of halogens is 3. The predicted octanol–water partition coefficient (Wildman–Crippen LogP) is 2.59. The van der Waals surface area contributed by atoms with Gasteiger partial charge in [-0.3, -0.25) is 0 Å². The molecule has 0 spiro atoms. The minimum Gasteiger partial charge on any atom is -0.114 e. The minimum atomic E-state index is 0. The molecule has 0 aliphatic carbocycles. The third-order valence-electron chi connectivity index (χ3n) is 0. The summed E-state index contributed by atoms with van der Waals surface area (Å²) in [6, 6.07) is 0. The molecule has 0 aliphatic rings. The molecule has 0 unspecified atom stereocenters. The van der Waals surface area contributed by atoms with Gasteiger partial charge in [-0.05, 0) is 0 Å². The van der Waals surface area contributed by atoms with Crippen molar-refractivity contribution >= 4 is 60.8 Å². The van der Waals surface area contributed by atoms with Crippen molar-refractivity contribution in [3.63, 3.8) is 0 Å². The van der Waals surface area contributed by atoms with Gasteiger partial charge in [-0.15, -0.1) is 50.9 Å². The summed E-state index contributed by atoms with van der Waals surface area (Å²) in [6.07, 6.45) is 0. The zero-order valence-electron chi connectivity index (χ0n) is 1.67. The van der Waals surface area contributed by atoms with Crippen LogP contribution >= 0.6 is 60.8 Å². The molecule has 4 heavy (non-hydrogen) atoms. The summed E-state index contributed by atoms with van der Waals surface area (Å²) in [5.41, 5.74) is 0. The molecule has 0 aliphatic heterocycles. The quantitative estimate of drug-likeness (QED) is 0.595.